The van der Waals surface area contributed by atoms with Crippen LogP contribution in [-0.4, -0.2) is 45.7 Å². The fraction of sp³-hybridized carbons (Fsp3) is 0.222. The lowest BCUT2D eigenvalue weighted by Crippen LogP contribution is -2.44. The second-order valence-electron chi connectivity index (χ2n) is 5.81. The summed E-state index contributed by atoms with van der Waals surface area (Å²) in [4.78, 5) is 22.4. The lowest BCUT2D eigenvalue weighted by Gasteiger charge is -2.28. The molecular formula is C18H16N4O4. The summed E-state index contributed by atoms with van der Waals surface area (Å²) in [7, 11) is 1.65. The minimum atomic E-state index is -0.712. The first-order chi connectivity index (χ1) is 12.7. The first-order valence-corrected chi connectivity index (χ1v) is 8.07. The molecule has 0 bridgehead atoms. The van der Waals surface area contributed by atoms with E-state index >= 15 is 0 Å². The molecule has 1 aliphatic rings. The summed E-state index contributed by atoms with van der Waals surface area (Å²) in [5, 5.41) is 3.92. The quantitative estimate of drug-likeness (QED) is 0.708. The van der Waals surface area contributed by atoms with Crippen molar-refractivity contribution in [3.05, 3.63) is 54.7 Å². The fourth-order valence-electron chi connectivity index (χ4n) is 2.60. The van der Waals surface area contributed by atoms with E-state index in [1.54, 1.807) is 37.6 Å². The van der Waals surface area contributed by atoms with Gasteiger partial charge in [0.2, 0.25) is 17.8 Å². The van der Waals surface area contributed by atoms with Gasteiger partial charge in [0.1, 0.15) is 6.61 Å². The summed E-state index contributed by atoms with van der Waals surface area (Å²) < 4.78 is 16.6. The van der Waals surface area contributed by atoms with Crippen molar-refractivity contribution >= 4 is 5.91 Å². The molecule has 132 valence electrons. The molecule has 0 radical (unpaired) electrons. The molecule has 3 aromatic rings. The van der Waals surface area contributed by atoms with E-state index in [1.165, 1.54) is 4.90 Å². The maximum atomic E-state index is 12.6. The van der Waals surface area contributed by atoms with Crippen molar-refractivity contribution in [2.75, 3.05) is 13.7 Å². The summed E-state index contributed by atoms with van der Waals surface area (Å²) in [5.41, 5.74) is 0.747. The number of para-hydroxylation sites is 2. The first kappa shape index (κ1) is 16.1. The van der Waals surface area contributed by atoms with E-state index in [1.807, 2.05) is 18.2 Å². The van der Waals surface area contributed by atoms with Crippen molar-refractivity contribution in [2.24, 2.45) is 0 Å². The molecule has 2 aromatic heterocycles. The molecule has 1 aliphatic heterocycles. The van der Waals surface area contributed by atoms with E-state index in [0.717, 1.165) is 5.56 Å². The van der Waals surface area contributed by atoms with E-state index in [-0.39, 0.29) is 19.1 Å². The highest BCUT2D eigenvalue weighted by Gasteiger charge is 2.30. The topological polar surface area (TPSA) is 90.6 Å². The molecule has 0 N–H and O–H groups in total. The van der Waals surface area contributed by atoms with Gasteiger partial charge in [0.05, 0.1) is 6.54 Å². The van der Waals surface area contributed by atoms with Crippen LogP contribution in [0.3, 0.4) is 0 Å². The van der Waals surface area contributed by atoms with E-state index in [9.17, 15) is 4.79 Å². The Morgan fingerprint density at radius 2 is 2.08 bits per heavy atom. The van der Waals surface area contributed by atoms with Crippen molar-refractivity contribution in [3.63, 3.8) is 0 Å². The van der Waals surface area contributed by atoms with Crippen LogP contribution in [-0.2, 0) is 11.3 Å². The van der Waals surface area contributed by atoms with Gasteiger partial charge in [-0.1, -0.05) is 17.3 Å². The maximum Gasteiger partial charge on any atom is 0.267 e. The highest BCUT2D eigenvalue weighted by Crippen LogP contribution is 2.31. The zero-order valence-electron chi connectivity index (χ0n) is 14.0. The Bertz CT molecular complexity index is 912. The van der Waals surface area contributed by atoms with Gasteiger partial charge in [-0.15, -0.1) is 0 Å². The number of pyridine rings is 1. The number of carbonyl (C=O) groups excluding carboxylic acids is 1. The van der Waals surface area contributed by atoms with Crippen LogP contribution in [0.1, 0.15) is 5.89 Å². The summed E-state index contributed by atoms with van der Waals surface area (Å²) >= 11 is 0. The summed E-state index contributed by atoms with van der Waals surface area (Å²) in [6.45, 7) is 0.332. The third-order valence-corrected chi connectivity index (χ3v) is 3.92. The molecule has 0 spiro atoms. The number of carbonyl (C=O) groups is 1. The molecule has 0 saturated carbocycles. The van der Waals surface area contributed by atoms with E-state index in [0.29, 0.717) is 23.2 Å². The Morgan fingerprint density at radius 1 is 1.23 bits per heavy atom. The van der Waals surface area contributed by atoms with Gasteiger partial charge in [-0.05, 0) is 24.3 Å². The highest BCUT2D eigenvalue weighted by molar-refractivity contribution is 5.81. The van der Waals surface area contributed by atoms with Gasteiger partial charge < -0.3 is 18.9 Å². The average molecular weight is 352 g/mol. The van der Waals surface area contributed by atoms with Gasteiger partial charge in [0, 0.05) is 25.0 Å². The monoisotopic (exact) mass is 352 g/mol. The van der Waals surface area contributed by atoms with Crippen LogP contribution in [0.4, 0.5) is 0 Å². The molecule has 1 amide bonds. The Balaban J connectivity index is 1.42. The van der Waals surface area contributed by atoms with E-state index in [2.05, 4.69) is 15.1 Å². The van der Waals surface area contributed by atoms with Crippen LogP contribution >= 0.6 is 0 Å². The number of benzene rings is 1. The molecule has 0 unspecified atom stereocenters. The number of rotatable bonds is 4. The number of hydrogen-bond donors (Lipinski definition) is 0. The second-order valence-corrected chi connectivity index (χ2v) is 5.81. The van der Waals surface area contributed by atoms with E-state index in [4.69, 9.17) is 14.0 Å². The molecule has 0 fully saturated rings. The highest BCUT2D eigenvalue weighted by atomic mass is 16.6. The minimum Gasteiger partial charge on any atom is -0.485 e. The van der Waals surface area contributed by atoms with Crippen molar-refractivity contribution in [2.45, 2.75) is 12.6 Å². The Labute approximate surface area is 149 Å². The molecule has 26 heavy (non-hydrogen) atoms. The predicted octanol–water partition coefficient (Wildman–Crippen LogP) is 1.93. The van der Waals surface area contributed by atoms with Crippen molar-refractivity contribution in [1.29, 1.82) is 0 Å². The lowest BCUT2D eigenvalue weighted by molar-refractivity contribution is -0.140. The van der Waals surface area contributed by atoms with Crippen LogP contribution in [0.2, 0.25) is 0 Å². The number of fused-ring (bicyclic) bond motifs is 1. The van der Waals surface area contributed by atoms with Crippen LogP contribution < -0.4 is 9.47 Å². The fourth-order valence-corrected chi connectivity index (χ4v) is 2.60. The zero-order valence-corrected chi connectivity index (χ0v) is 14.0. The van der Waals surface area contributed by atoms with Crippen LogP contribution in [0, 0.1) is 0 Å². The largest absolute Gasteiger partial charge is 0.485 e. The summed E-state index contributed by atoms with van der Waals surface area (Å²) in [5.74, 6) is 1.73. The Hall–Kier alpha value is -3.42. The minimum absolute atomic E-state index is 0.158. The van der Waals surface area contributed by atoms with Gasteiger partial charge in [0.25, 0.3) is 5.91 Å². The number of likely N-dealkylation sites (N-methyl/N-ethyl adjacent to an activating group) is 1. The Kier molecular flexibility index (Phi) is 4.22. The van der Waals surface area contributed by atoms with Crippen molar-refractivity contribution in [1.82, 2.24) is 20.0 Å². The van der Waals surface area contributed by atoms with Gasteiger partial charge in [0.15, 0.2) is 11.5 Å². The average Bonchev–Trinajstić information content (AvgIpc) is 3.16. The third-order valence-electron chi connectivity index (χ3n) is 3.92. The summed E-state index contributed by atoms with van der Waals surface area (Å²) in [6, 6.07) is 10.9. The molecule has 3 heterocycles. The third kappa shape index (κ3) is 3.21. The Morgan fingerprint density at radius 3 is 2.88 bits per heavy atom. The van der Waals surface area contributed by atoms with Gasteiger partial charge in [-0.2, -0.15) is 4.98 Å². The smallest absolute Gasteiger partial charge is 0.267 e. The van der Waals surface area contributed by atoms with Crippen molar-refractivity contribution in [3.8, 4) is 22.9 Å². The van der Waals surface area contributed by atoms with Crippen LogP contribution in [0.25, 0.3) is 11.4 Å². The first-order valence-electron chi connectivity index (χ1n) is 8.07. The molecule has 4 rings (SSSR count). The molecule has 1 atom stereocenters. The SMILES string of the molecule is CN(Cc1nc(-c2cccnc2)no1)C(=O)[C@@H]1COc2ccccc2O1. The number of ether oxygens (including phenoxy) is 2. The van der Waals surface area contributed by atoms with Gasteiger partial charge in [-0.3, -0.25) is 9.78 Å². The number of amides is 1. The number of aromatic nitrogens is 3. The van der Waals surface area contributed by atoms with Crippen molar-refractivity contribution < 1.29 is 18.8 Å². The van der Waals surface area contributed by atoms with Crippen LogP contribution in [0.15, 0.2) is 53.3 Å². The molecule has 8 nitrogen and oxygen atoms in total. The van der Waals surface area contributed by atoms with Crippen LogP contribution in [0.5, 0.6) is 11.5 Å². The molecular weight excluding hydrogens is 336 g/mol. The maximum absolute atomic E-state index is 12.6. The molecule has 0 saturated heterocycles. The molecule has 8 heteroatoms. The van der Waals surface area contributed by atoms with Gasteiger partial charge in [-0.25, -0.2) is 0 Å². The van der Waals surface area contributed by atoms with Gasteiger partial charge >= 0.3 is 0 Å². The van der Waals surface area contributed by atoms with E-state index < -0.39 is 6.10 Å². The molecule has 0 aliphatic carbocycles. The predicted molar refractivity (Wildman–Crippen MR) is 90.4 cm³/mol. The second kappa shape index (κ2) is 6.83. The zero-order chi connectivity index (χ0) is 17.9. The number of nitrogens with zero attached hydrogens (tertiary/aromatic N) is 4. The number of hydrogen-bond acceptors (Lipinski definition) is 7. The standard InChI is InChI=1S/C18H16N4O4/c1-22(10-16-20-17(21-26-16)12-5-4-8-19-9-12)18(23)15-11-24-13-6-2-3-7-14(13)25-15/h2-9,15H,10-11H2,1H3/t15-/m0/s1. The normalized spacial score (nSPS) is 15.5. The molecule has 1 aromatic carbocycles. The lowest BCUT2D eigenvalue weighted by atomic mass is 10.2. The summed E-state index contributed by atoms with van der Waals surface area (Å²) in [6.07, 6.45) is 2.60.